The number of aldehydes is 1. The van der Waals surface area contributed by atoms with Gasteiger partial charge in [-0.2, -0.15) is 0 Å². The zero-order valence-electron chi connectivity index (χ0n) is 39.3. The lowest BCUT2D eigenvalue weighted by Crippen LogP contribution is -2.65. The molecular formula is C54H80N2O8. The molecule has 1 spiro atoms. The Balaban J connectivity index is 1.31. The lowest BCUT2D eigenvalue weighted by atomic mass is 9.45. The molecule has 0 amide bonds. The average Bonchev–Trinajstić information content (AvgIpc) is 3.96. The van der Waals surface area contributed by atoms with Crippen LogP contribution in [0.3, 0.4) is 0 Å². The number of allylic oxidation sites excluding steroid dienone is 9. The molecule has 10 unspecified atom stereocenters. The molecule has 6 rings (SSSR count). The van der Waals surface area contributed by atoms with Crippen molar-refractivity contribution in [3.63, 3.8) is 0 Å². The van der Waals surface area contributed by atoms with Gasteiger partial charge in [-0.25, -0.2) is 0 Å². The van der Waals surface area contributed by atoms with E-state index in [-0.39, 0.29) is 49.0 Å². The predicted octanol–water partition coefficient (Wildman–Crippen LogP) is 6.52. The summed E-state index contributed by atoms with van der Waals surface area (Å²) in [6, 6.07) is 9.11. The number of carbonyl (C=O) groups is 1. The van der Waals surface area contributed by atoms with E-state index in [4.69, 9.17) is 9.47 Å². The van der Waals surface area contributed by atoms with Crippen LogP contribution in [0.25, 0.3) is 0 Å². The molecule has 1 aromatic carbocycles. The average molecular weight is 885 g/mol. The summed E-state index contributed by atoms with van der Waals surface area (Å²) in [5, 5.41) is 63.3. The Bertz CT molecular complexity index is 1880. The van der Waals surface area contributed by atoms with Crippen molar-refractivity contribution in [3.05, 3.63) is 106 Å². The summed E-state index contributed by atoms with van der Waals surface area (Å²) in [7, 11) is 3.67. The molecule has 1 aliphatic heterocycles. The van der Waals surface area contributed by atoms with Crippen LogP contribution in [-0.2, 0) is 27.1 Å². The third-order valence-corrected chi connectivity index (χ3v) is 16.2. The summed E-state index contributed by atoms with van der Waals surface area (Å²) in [5.74, 6) is -0.295. The van der Waals surface area contributed by atoms with E-state index >= 15 is 0 Å². The van der Waals surface area contributed by atoms with Gasteiger partial charge in [-0.3, -0.25) is 4.79 Å². The molecule has 7 N–H and O–H groups in total. The molecule has 0 saturated heterocycles. The van der Waals surface area contributed by atoms with Gasteiger partial charge in [-0.15, -0.1) is 0 Å². The lowest BCUT2D eigenvalue weighted by molar-refractivity contribution is -0.194. The first-order valence-corrected chi connectivity index (χ1v) is 24.3. The van der Waals surface area contributed by atoms with Gasteiger partial charge in [0, 0.05) is 49.7 Å². The Morgan fingerprint density at radius 3 is 2.62 bits per heavy atom. The van der Waals surface area contributed by atoms with Crippen molar-refractivity contribution in [1.82, 2.24) is 10.6 Å². The van der Waals surface area contributed by atoms with Crippen molar-refractivity contribution in [2.75, 3.05) is 60.3 Å². The van der Waals surface area contributed by atoms with Crippen LogP contribution >= 0.6 is 0 Å². The number of methoxy groups -OCH3 is 1. The molecule has 4 bridgehead atoms. The van der Waals surface area contributed by atoms with Gasteiger partial charge >= 0.3 is 0 Å². The van der Waals surface area contributed by atoms with Gasteiger partial charge in [0.25, 0.3) is 0 Å². The van der Waals surface area contributed by atoms with Crippen LogP contribution in [0.2, 0.25) is 0 Å². The second-order valence-corrected chi connectivity index (χ2v) is 20.1. The summed E-state index contributed by atoms with van der Waals surface area (Å²) in [4.78, 5) is 12.5. The standard InChI is InChI=1S/C54H80N2O8/c1-37-16-17-43(29-40-11-9-12-41(28-40)30-52(56-32-37,24-27-63-5)46-14-6-7-15-46)38(2)10-8-13-45(35-64-36-47(60)34-59)48-20-22-54(51(48)61)50-42(21-26-57)18-19-44(49(50)39(3)33-58)31-53(54,62)23-25-55-4/h8-13,16,18-19,28,33,42-44,46-48,50-51,55-57,59-62H,2,6-7,14-15,17,20-27,29-32,34-36H2,1,3-5H3. The van der Waals surface area contributed by atoms with E-state index in [0.29, 0.717) is 50.1 Å². The van der Waals surface area contributed by atoms with Crippen molar-refractivity contribution in [1.29, 1.82) is 0 Å². The van der Waals surface area contributed by atoms with Crippen molar-refractivity contribution in [2.24, 2.45) is 40.9 Å². The number of ether oxygens (including phenoxy) is 2. The third-order valence-electron chi connectivity index (χ3n) is 16.2. The van der Waals surface area contributed by atoms with Crippen molar-refractivity contribution >= 4 is 6.29 Å². The van der Waals surface area contributed by atoms with E-state index in [2.05, 4.69) is 72.7 Å². The molecule has 4 aliphatic carbocycles. The fraction of sp³-hybridized carbons (Fsp3) is 0.648. The van der Waals surface area contributed by atoms with E-state index in [1.54, 1.807) is 7.11 Å². The fourth-order valence-corrected chi connectivity index (χ4v) is 12.8. The summed E-state index contributed by atoms with van der Waals surface area (Å²) in [5.41, 5.74) is 5.09. The molecular weight excluding hydrogens is 805 g/mol. The molecule has 3 fully saturated rings. The molecule has 3 saturated carbocycles. The Hall–Kier alpha value is -3.03. The van der Waals surface area contributed by atoms with Crippen LogP contribution < -0.4 is 10.6 Å². The minimum atomic E-state index is -1.26. The maximum atomic E-state index is 13.0. The molecule has 10 atom stereocenters. The number of carbonyl (C=O) groups excluding carboxylic acids is 1. The molecule has 10 nitrogen and oxygen atoms in total. The summed E-state index contributed by atoms with van der Waals surface area (Å²) < 4.78 is 11.7. The molecule has 1 heterocycles. The number of rotatable bonds is 19. The summed E-state index contributed by atoms with van der Waals surface area (Å²) in [6.45, 7) is 10.4. The molecule has 0 aromatic heterocycles. The van der Waals surface area contributed by atoms with Gasteiger partial charge in [0.15, 0.2) is 0 Å². The Labute approximate surface area is 383 Å². The van der Waals surface area contributed by atoms with Crippen LogP contribution in [0.5, 0.6) is 0 Å². The van der Waals surface area contributed by atoms with Gasteiger partial charge in [-0.1, -0.05) is 96.9 Å². The SMILES string of the molecule is C=C(C=CC=C(COCC(O)CO)C1CCC2(C1O)C1C(=C(C)C=O)C(C=CC1CCO)CC2(O)CCNC)C1CC=C(C)CNC(CCOC)(C2CCCC2)Cc2cccc(c2)C1. The van der Waals surface area contributed by atoms with E-state index in [1.165, 1.54) is 42.4 Å². The Kier molecular flexibility index (Phi) is 18.2. The second kappa shape index (κ2) is 23.1. The molecule has 354 valence electrons. The fourth-order valence-electron chi connectivity index (χ4n) is 12.8. The quantitative estimate of drug-likeness (QED) is 0.0353. The van der Waals surface area contributed by atoms with Crippen LogP contribution in [0.4, 0.5) is 0 Å². The lowest BCUT2D eigenvalue weighted by Gasteiger charge is -2.61. The second-order valence-electron chi connectivity index (χ2n) is 20.1. The number of nitrogens with one attached hydrogen (secondary N) is 2. The van der Waals surface area contributed by atoms with Crippen molar-refractivity contribution in [2.45, 2.75) is 121 Å². The molecule has 64 heavy (non-hydrogen) atoms. The van der Waals surface area contributed by atoms with Crippen LogP contribution in [0.1, 0.15) is 95.6 Å². The summed E-state index contributed by atoms with van der Waals surface area (Å²) in [6.07, 6.45) is 22.6. The first-order valence-electron chi connectivity index (χ1n) is 24.3. The van der Waals surface area contributed by atoms with E-state index in [0.717, 1.165) is 61.8 Å². The van der Waals surface area contributed by atoms with E-state index in [1.807, 2.05) is 26.1 Å². The number of fused-ring (bicyclic) bond motifs is 5. The largest absolute Gasteiger partial charge is 0.396 e. The first-order chi connectivity index (χ1) is 30.9. The minimum Gasteiger partial charge on any atom is -0.396 e. The number of benzene rings is 1. The zero-order valence-corrected chi connectivity index (χ0v) is 39.3. The molecule has 10 heteroatoms. The minimum absolute atomic E-state index is 0.0194. The highest BCUT2D eigenvalue weighted by Gasteiger charge is 2.68. The predicted molar refractivity (Wildman–Crippen MR) is 255 cm³/mol. The van der Waals surface area contributed by atoms with Gasteiger partial charge in [0.1, 0.15) is 12.4 Å². The smallest absolute Gasteiger partial charge is 0.145 e. The molecule has 0 radical (unpaired) electrons. The Morgan fingerprint density at radius 2 is 1.91 bits per heavy atom. The number of hydrogen-bond acceptors (Lipinski definition) is 10. The van der Waals surface area contributed by atoms with Crippen LogP contribution in [-0.4, -0.2) is 115 Å². The molecule has 1 aromatic rings. The number of hydrogen-bond donors (Lipinski definition) is 7. The highest BCUT2D eigenvalue weighted by atomic mass is 16.5. The van der Waals surface area contributed by atoms with Crippen LogP contribution in [0, 0.1) is 40.9 Å². The normalized spacial score (nSPS) is 33.8. The highest BCUT2D eigenvalue weighted by Crippen LogP contribution is 2.67. The van der Waals surface area contributed by atoms with E-state index in [9.17, 15) is 30.3 Å². The van der Waals surface area contributed by atoms with Gasteiger partial charge in [0.2, 0.25) is 0 Å². The van der Waals surface area contributed by atoms with Gasteiger partial charge < -0.3 is 45.6 Å². The number of aliphatic hydroxyl groups is 5. The maximum absolute atomic E-state index is 13.0. The van der Waals surface area contributed by atoms with E-state index < -0.39 is 35.7 Å². The zero-order chi connectivity index (χ0) is 45.9. The van der Waals surface area contributed by atoms with Crippen molar-refractivity contribution < 1.29 is 39.8 Å². The monoisotopic (exact) mass is 885 g/mol. The maximum Gasteiger partial charge on any atom is 0.145 e. The van der Waals surface area contributed by atoms with Gasteiger partial charge in [-0.05, 0) is 144 Å². The topological polar surface area (TPSA) is 161 Å². The third kappa shape index (κ3) is 11.0. The number of aliphatic hydroxyl groups excluding tert-OH is 4. The van der Waals surface area contributed by atoms with Crippen LogP contribution in [0.15, 0.2) is 95.2 Å². The highest BCUT2D eigenvalue weighted by molar-refractivity contribution is 5.74. The Morgan fingerprint density at radius 1 is 1.12 bits per heavy atom. The summed E-state index contributed by atoms with van der Waals surface area (Å²) >= 11 is 0. The molecule has 5 aliphatic rings. The first kappa shape index (κ1) is 50.4. The van der Waals surface area contributed by atoms with Gasteiger partial charge in [0.05, 0.1) is 31.5 Å². The van der Waals surface area contributed by atoms with Crippen molar-refractivity contribution in [3.8, 4) is 0 Å².